The molecule has 0 atom stereocenters. The molecular weight excluding hydrogens is 226 g/mol. The average molecular weight is 243 g/mol. The minimum Gasteiger partial charge on any atom is -0.311 e. The van der Waals surface area contributed by atoms with Gasteiger partial charge in [0.15, 0.2) is 5.78 Å². The van der Waals surface area contributed by atoms with Crippen LogP contribution >= 0.6 is 0 Å². The number of carbonyl (C=O) groups excluding carboxylic acids is 2. The predicted octanol–water partition coefficient (Wildman–Crippen LogP) is 2.87. The van der Waals surface area contributed by atoms with Gasteiger partial charge in [0.05, 0.1) is 5.70 Å². The summed E-state index contributed by atoms with van der Waals surface area (Å²) in [6.45, 7) is 2.06. The zero-order valence-electron chi connectivity index (χ0n) is 10.8. The summed E-state index contributed by atoms with van der Waals surface area (Å²) < 4.78 is 0. The fourth-order valence-corrected chi connectivity index (χ4v) is 2.11. The average Bonchev–Trinajstić information content (AvgIpc) is 2.62. The van der Waals surface area contributed by atoms with Gasteiger partial charge in [-0.15, -0.1) is 0 Å². The van der Waals surface area contributed by atoms with E-state index in [1.165, 1.54) is 0 Å². The number of fused-ring (bicyclic) bond motifs is 1. The van der Waals surface area contributed by atoms with Gasteiger partial charge in [0.25, 0.3) is 5.91 Å². The summed E-state index contributed by atoms with van der Waals surface area (Å²) in [5.41, 5.74) is 2.25. The number of hydrogen-bond donors (Lipinski definition) is 0. The second-order valence-electron chi connectivity index (χ2n) is 4.51. The van der Waals surface area contributed by atoms with Crippen LogP contribution in [0.4, 0.5) is 0 Å². The van der Waals surface area contributed by atoms with E-state index in [0.29, 0.717) is 12.0 Å². The maximum absolute atomic E-state index is 12.0. The molecule has 3 nitrogen and oxygen atoms in total. The Morgan fingerprint density at radius 2 is 1.94 bits per heavy atom. The van der Waals surface area contributed by atoms with Crippen molar-refractivity contribution in [3.8, 4) is 0 Å². The van der Waals surface area contributed by atoms with Crippen LogP contribution in [0.5, 0.6) is 0 Å². The predicted molar refractivity (Wildman–Crippen MR) is 71.0 cm³/mol. The van der Waals surface area contributed by atoms with Crippen LogP contribution in [0.15, 0.2) is 30.3 Å². The molecule has 0 fully saturated rings. The van der Waals surface area contributed by atoms with Crippen LogP contribution in [-0.4, -0.2) is 23.6 Å². The molecule has 1 heterocycles. The number of ketones is 1. The summed E-state index contributed by atoms with van der Waals surface area (Å²) in [7, 11) is 1.71. The van der Waals surface area contributed by atoms with Crippen LogP contribution in [0.2, 0.25) is 0 Å². The normalized spacial score (nSPS) is 16.2. The quantitative estimate of drug-likeness (QED) is 0.762. The van der Waals surface area contributed by atoms with Crippen molar-refractivity contribution in [3.05, 3.63) is 41.5 Å². The molecule has 0 saturated heterocycles. The van der Waals surface area contributed by atoms with E-state index in [1.54, 1.807) is 24.1 Å². The summed E-state index contributed by atoms with van der Waals surface area (Å²) in [5, 5.41) is 0. The Bertz CT molecular complexity index is 517. The third kappa shape index (κ3) is 2.21. The number of benzene rings is 1. The van der Waals surface area contributed by atoms with Gasteiger partial charge in [-0.05, 0) is 12.5 Å². The fourth-order valence-electron chi connectivity index (χ4n) is 2.11. The van der Waals surface area contributed by atoms with Gasteiger partial charge < -0.3 is 4.90 Å². The molecule has 0 unspecified atom stereocenters. The Balaban J connectivity index is 2.31. The molecule has 0 aromatic heterocycles. The van der Waals surface area contributed by atoms with Gasteiger partial charge in [-0.25, -0.2) is 0 Å². The number of unbranched alkanes of at least 4 members (excludes halogenated alkanes) is 1. The zero-order chi connectivity index (χ0) is 13.1. The molecule has 94 valence electrons. The van der Waals surface area contributed by atoms with Gasteiger partial charge in [0, 0.05) is 30.7 Å². The number of allylic oxidation sites excluding steroid dienone is 1. The number of nitrogens with zero attached hydrogens (tertiary/aromatic N) is 1. The van der Waals surface area contributed by atoms with E-state index in [9.17, 15) is 9.59 Å². The summed E-state index contributed by atoms with van der Waals surface area (Å²) in [6.07, 6.45) is 4.03. The Kier molecular flexibility index (Phi) is 3.60. The van der Waals surface area contributed by atoms with E-state index in [-0.39, 0.29) is 11.7 Å². The maximum atomic E-state index is 12.0. The lowest BCUT2D eigenvalue weighted by Crippen LogP contribution is -2.17. The van der Waals surface area contributed by atoms with E-state index in [2.05, 4.69) is 6.92 Å². The molecule has 2 rings (SSSR count). The van der Waals surface area contributed by atoms with Gasteiger partial charge in [-0.2, -0.15) is 0 Å². The zero-order valence-corrected chi connectivity index (χ0v) is 10.8. The van der Waals surface area contributed by atoms with Crippen LogP contribution in [0.1, 0.15) is 42.1 Å². The Hall–Kier alpha value is -1.90. The SMILES string of the molecule is CCCCC(=O)/C=C1\c2ccccc2C(=O)N1C. The minimum atomic E-state index is -0.0415. The number of amides is 1. The van der Waals surface area contributed by atoms with E-state index >= 15 is 0 Å². The van der Waals surface area contributed by atoms with Gasteiger partial charge in [0.2, 0.25) is 0 Å². The van der Waals surface area contributed by atoms with Crippen LogP contribution in [0.3, 0.4) is 0 Å². The molecule has 1 aliphatic heterocycles. The molecule has 3 heteroatoms. The Labute approximate surface area is 107 Å². The number of hydrogen-bond acceptors (Lipinski definition) is 2. The van der Waals surface area contributed by atoms with Crippen molar-refractivity contribution in [2.24, 2.45) is 0 Å². The highest BCUT2D eigenvalue weighted by Gasteiger charge is 2.29. The van der Waals surface area contributed by atoms with Crippen LogP contribution < -0.4 is 0 Å². The molecule has 0 N–H and O–H groups in total. The van der Waals surface area contributed by atoms with Crippen molar-refractivity contribution in [2.75, 3.05) is 7.05 Å². The highest BCUT2D eigenvalue weighted by Crippen LogP contribution is 2.31. The first kappa shape index (κ1) is 12.6. The van der Waals surface area contributed by atoms with Crippen LogP contribution in [0, 0.1) is 0 Å². The standard InChI is InChI=1S/C15H17NO2/c1-3-4-7-11(17)10-14-12-8-5-6-9-13(12)15(18)16(14)2/h5-6,8-10H,3-4,7H2,1-2H3/b14-10+. The van der Waals surface area contributed by atoms with Crippen molar-refractivity contribution in [1.82, 2.24) is 4.90 Å². The summed E-state index contributed by atoms with van der Waals surface area (Å²) in [6, 6.07) is 7.41. The highest BCUT2D eigenvalue weighted by atomic mass is 16.2. The third-order valence-corrected chi connectivity index (χ3v) is 3.17. The highest BCUT2D eigenvalue weighted by molar-refractivity contribution is 6.12. The van der Waals surface area contributed by atoms with Gasteiger partial charge >= 0.3 is 0 Å². The molecule has 0 spiro atoms. The number of carbonyl (C=O) groups is 2. The van der Waals surface area contributed by atoms with Crippen molar-refractivity contribution >= 4 is 17.4 Å². The van der Waals surface area contributed by atoms with E-state index < -0.39 is 0 Å². The van der Waals surface area contributed by atoms with Gasteiger partial charge in [0.1, 0.15) is 0 Å². The van der Waals surface area contributed by atoms with Crippen molar-refractivity contribution in [2.45, 2.75) is 26.2 Å². The fraction of sp³-hybridized carbons (Fsp3) is 0.333. The second kappa shape index (κ2) is 5.17. The summed E-state index contributed by atoms with van der Waals surface area (Å²) in [5.74, 6) is 0.0448. The minimum absolute atomic E-state index is 0.0415. The Morgan fingerprint density at radius 1 is 1.28 bits per heavy atom. The maximum Gasteiger partial charge on any atom is 0.258 e. The topological polar surface area (TPSA) is 37.4 Å². The molecular formula is C15H17NO2. The molecule has 0 radical (unpaired) electrons. The third-order valence-electron chi connectivity index (χ3n) is 3.17. The Morgan fingerprint density at radius 3 is 2.61 bits per heavy atom. The molecule has 1 amide bonds. The first-order chi connectivity index (χ1) is 8.65. The van der Waals surface area contributed by atoms with Crippen molar-refractivity contribution < 1.29 is 9.59 Å². The first-order valence-corrected chi connectivity index (χ1v) is 6.27. The molecule has 1 aliphatic rings. The molecule has 1 aromatic rings. The van der Waals surface area contributed by atoms with Gasteiger partial charge in [-0.3, -0.25) is 9.59 Å². The molecule has 18 heavy (non-hydrogen) atoms. The van der Waals surface area contributed by atoms with E-state index in [1.807, 2.05) is 18.2 Å². The van der Waals surface area contributed by atoms with Crippen LogP contribution in [0.25, 0.3) is 5.70 Å². The lowest BCUT2D eigenvalue weighted by atomic mass is 10.1. The van der Waals surface area contributed by atoms with Gasteiger partial charge in [-0.1, -0.05) is 31.5 Å². The summed E-state index contributed by atoms with van der Waals surface area (Å²) in [4.78, 5) is 25.3. The summed E-state index contributed by atoms with van der Waals surface area (Å²) >= 11 is 0. The lowest BCUT2D eigenvalue weighted by Gasteiger charge is -2.10. The van der Waals surface area contributed by atoms with E-state index in [0.717, 1.165) is 24.1 Å². The van der Waals surface area contributed by atoms with Crippen LogP contribution in [-0.2, 0) is 4.79 Å². The monoisotopic (exact) mass is 243 g/mol. The molecule has 0 aliphatic carbocycles. The smallest absolute Gasteiger partial charge is 0.258 e. The lowest BCUT2D eigenvalue weighted by molar-refractivity contribution is -0.114. The van der Waals surface area contributed by atoms with E-state index in [4.69, 9.17) is 0 Å². The van der Waals surface area contributed by atoms with Crippen molar-refractivity contribution in [1.29, 1.82) is 0 Å². The van der Waals surface area contributed by atoms with Crippen molar-refractivity contribution in [3.63, 3.8) is 0 Å². The second-order valence-corrected chi connectivity index (χ2v) is 4.51. The largest absolute Gasteiger partial charge is 0.311 e. The molecule has 0 bridgehead atoms. The molecule has 0 saturated carbocycles. The molecule has 1 aromatic carbocycles. The number of rotatable bonds is 4. The first-order valence-electron chi connectivity index (χ1n) is 6.27.